The highest BCUT2D eigenvalue weighted by Crippen LogP contribution is 2.22. The molecule has 4 nitrogen and oxygen atoms in total. The van der Waals surface area contributed by atoms with Crippen molar-refractivity contribution in [1.82, 2.24) is 5.32 Å². The van der Waals surface area contributed by atoms with E-state index in [1.807, 2.05) is 37.3 Å². The zero-order valence-corrected chi connectivity index (χ0v) is 14.0. The van der Waals surface area contributed by atoms with Crippen molar-refractivity contribution in [3.05, 3.63) is 58.6 Å². The second kappa shape index (κ2) is 8.44. The summed E-state index contributed by atoms with van der Waals surface area (Å²) in [6.45, 7) is 2.44. The van der Waals surface area contributed by atoms with Gasteiger partial charge < -0.3 is 14.8 Å². The lowest BCUT2D eigenvalue weighted by Crippen LogP contribution is -2.28. The molecule has 122 valence electrons. The summed E-state index contributed by atoms with van der Waals surface area (Å²) in [5.74, 6) is 1.26. The lowest BCUT2D eigenvalue weighted by molar-refractivity contribution is -0.123. The van der Waals surface area contributed by atoms with Crippen molar-refractivity contribution in [3.8, 4) is 11.5 Å². The van der Waals surface area contributed by atoms with Gasteiger partial charge in [0.2, 0.25) is 0 Å². The molecule has 0 aliphatic rings. The van der Waals surface area contributed by atoms with Crippen LogP contribution in [0.2, 0.25) is 5.02 Å². The van der Waals surface area contributed by atoms with Crippen LogP contribution >= 0.6 is 11.6 Å². The van der Waals surface area contributed by atoms with E-state index >= 15 is 0 Å². The van der Waals surface area contributed by atoms with Crippen LogP contribution < -0.4 is 14.8 Å². The third kappa shape index (κ3) is 5.18. The average Bonchev–Trinajstić information content (AvgIpc) is 2.59. The summed E-state index contributed by atoms with van der Waals surface area (Å²) < 4.78 is 10.6. The van der Waals surface area contributed by atoms with Crippen LogP contribution in [-0.2, 0) is 17.8 Å². The first-order valence-corrected chi connectivity index (χ1v) is 7.81. The summed E-state index contributed by atoms with van der Waals surface area (Å²) in [5, 5.41) is 3.53. The van der Waals surface area contributed by atoms with Gasteiger partial charge in [0.25, 0.3) is 5.91 Å². The van der Waals surface area contributed by atoms with E-state index in [0.29, 0.717) is 17.3 Å². The van der Waals surface area contributed by atoms with Crippen molar-refractivity contribution in [1.29, 1.82) is 0 Å². The summed E-state index contributed by atoms with van der Waals surface area (Å²) in [6.07, 6.45) is 0.819. The number of methoxy groups -OCH3 is 1. The summed E-state index contributed by atoms with van der Waals surface area (Å²) in [5.41, 5.74) is 2.00. The molecule has 1 amide bonds. The highest BCUT2D eigenvalue weighted by Gasteiger charge is 2.05. The van der Waals surface area contributed by atoms with Crippen molar-refractivity contribution in [2.45, 2.75) is 19.9 Å². The zero-order chi connectivity index (χ0) is 16.7. The average molecular weight is 334 g/mol. The Hall–Kier alpha value is -2.20. The van der Waals surface area contributed by atoms with Crippen LogP contribution in [0.25, 0.3) is 0 Å². The molecule has 0 saturated carbocycles. The maximum atomic E-state index is 11.8. The molecule has 0 atom stereocenters. The van der Waals surface area contributed by atoms with Crippen LogP contribution in [0.5, 0.6) is 11.5 Å². The van der Waals surface area contributed by atoms with Crippen molar-refractivity contribution in [2.24, 2.45) is 0 Å². The summed E-state index contributed by atoms with van der Waals surface area (Å²) in [6, 6.07) is 12.9. The van der Waals surface area contributed by atoms with Gasteiger partial charge in [-0.25, -0.2) is 0 Å². The van der Waals surface area contributed by atoms with Gasteiger partial charge in [0.05, 0.1) is 7.11 Å². The zero-order valence-electron chi connectivity index (χ0n) is 13.3. The summed E-state index contributed by atoms with van der Waals surface area (Å²) in [4.78, 5) is 11.8. The minimum absolute atomic E-state index is 0.0268. The monoisotopic (exact) mass is 333 g/mol. The van der Waals surface area contributed by atoms with E-state index in [1.165, 1.54) is 0 Å². The predicted molar refractivity (Wildman–Crippen MR) is 91.2 cm³/mol. The van der Waals surface area contributed by atoms with Crippen LogP contribution in [0.1, 0.15) is 18.1 Å². The second-order valence-corrected chi connectivity index (χ2v) is 5.43. The van der Waals surface area contributed by atoms with Gasteiger partial charge in [-0.2, -0.15) is 0 Å². The van der Waals surface area contributed by atoms with E-state index in [9.17, 15) is 4.79 Å². The maximum Gasteiger partial charge on any atom is 0.258 e. The topological polar surface area (TPSA) is 47.6 Å². The van der Waals surface area contributed by atoms with Gasteiger partial charge in [-0.15, -0.1) is 0 Å². The second-order valence-electron chi connectivity index (χ2n) is 5.02. The number of hydrogen-bond donors (Lipinski definition) is 1. The van der Waals surface area contributed by atoms with Crippen molar-refractivity contribution >= 4 is 17.5 Å². The van der Waals surface area contributed by atoms with Gasteiger partial charge in [0.15, 0.2) is 6.61 Å². The van der Waals surface area contributed by atoms with Gasteiger partial charge in [0, 0.05) is 11.6 Å². The molecule has 2 rings (SSSR count). The van der Waals surface area contributed by atoms with Crippen LogP contribution in [0.3, 0.4) is 0 Å². The number of aryl methyl sites for hydroxylation is 1. The fraction of sp³-hybridized carbons (Fsp3) is 0.278. The number of amides is 1. The minimum Gasteiger partial charge on any atom is -0.497 e. The van der Waals surface area contributed by atoms with E-state index in [-0.39, 0.29) is 12.5 Å². The highest BCUT2D eigenvalue weighted by atomic mass is 35.5. The Bertz CT molecular complexity index is 656. The number of benzene rings is 2. The molecule has 0 fully saturated rings. The highest BCUT2D eigenvalue weighted by molar-refractivity contribution is 6.31. The smallest absolute Gasteiger partial charge is 0.258 e. The number of ether oxygens (including phenoxy) is 2. The minimum atomic E-state index is -0.172. The van der Waals surface area contributed by atoms with Gasteiger partial charge >= 0.3 is 0 Å². The number of halogens is 1. The van der Waals surface area contributed by atoms with E-state index in [4.69, 9.17) is 21.1 Å². The molecular weight excluding hydrogens is 314 g/mol. The fourth-order valence-corrected chi connectivity index (χ4v) is 2.31. The molecule has 23 heavy (non-hydrogen) atoms. The number of rotatable bonds is 7. The first-order valence-electron chi connectivity index (χ1n) is 7.43. The Morgan fingerprint density at radius 1 is 1.13 bits per heavy atom. The first-order chi connectivity index (χ1) is 11.1. The quantitative estimate of drug-likeness (QED) is 0.842. The normalized spacial score (nSPS) is 10.2. The van der Waals surface area contributed by atoms with Crippen LogP contribution in [-0.4, -0.2) is 19.6 Å². The molecule has 1 N–H and O–H groups in total. The molecule has 0 radical (unpaired) electrons. The van der Waals surface area contributed by atoms with Crippen LogP contribution in [0, 0.1) is 0 Å². The van der Waals surface area contributed by atoms with E-state index < -0.39 is 0 Å². The molecule has 0 spiro atoms. The molecule has 0 aromatic heterocycles. The van der Waals surface area contributed by atoms with Crippen LogP contribution in [0.15, 0.2) is 42.5 Å². The molecule has 5 heteroatoms. The third-order valence-electron chi connectivity index (χ3n) is 3.42. The Morgan fingerprint density at radius 3 is 2.48 bits per heavy atom. The molecule has 0 aliphatic heterocycles. The number of nitrogens with one attached hydrogen (secondary N) is 1. The summed E-state index contributed by atoms with van der Waals surface area (Å²) >= 11 is 6.05. The molecule has 2 aromatic rings. The largest absolute Gasteiger partial charge is 0.497 e. The molecular formula is C18H20ClNO3. The Kier molecular flexibility index (Phi) is 6.29. The van der Waals surface area contributed by atoms with Crippen molar-refractivity contribution in [2.75, 3.05) is 13.7 Å². The maximum absolute atomic E-state index is 11.8. The SMILES string of the molecule is CCc1cc(OCC(=O)NCc2ccc(OC)cc2)ccc1Cl. The van der Waals surface area contributed by atoms with Gasteiger partial charge in [-0.05, 0) is 47.9 Å². The lowest BCUT2D eigenvalue weighted by atomic mass is 10.1. The molecule has 0 saturated heterocycles. The Morgan fingerprint density at radius 2 is 1.83 bits per heavy atom. The Labute approximate surface area is 141 Å². The molecule has 2 aromatic carbocycles. The number of carbonyl (C=O) groups excluding carboxylic acids is 1. The number of hydrogen-bond acceptors (Lipinski definition) is 3. The lowest BCUT2D eigenvalue weighted by Gasteiger charge is -2.09. The number of carbonyl (C=O) groups is 1. The standard InChI is InChI=1S/C18H20ClNO3/c1-3-14-10-16(8-9-17(14)19)23-12-18(21)20-11-13-4-6-15(22-2)7-5-13/h4-10H,3,11-12H2,1-2H3,(H,20,21). The first kappa shape index (κ1) is 17.2. The van der Waals surface area contributed by atoms with Gasteiger partial charge in [-0.1, -0.05) is 30.7 Å². The summed E-state index contributed by atoms with van der Waals surface area (Å²) in [7, 11) is 1.62. The molecule has 0 unspecified atom stereocenters. The van der Waals surface area contributed by atoms with E-state index in [2.05, 4.69) is 5.32 Å². The predicted octanol–water partition coefficient (Wildman–Crippen LogP) is 3.61. The Balaban J connectivity index is 1.80. The molecule has 0 bridgehead atoms. The molecule has 0 aliphatic carbocycles. The fourth-order valence-electron chi connectivity index (χ4n) is 2.06. The van der Waals surface area contributed by atoms with Crippen molar-refractivity contribution < 1.29 is 14.3 Å². The van der Waals surface area contributed by atoms with E-state index in [1.54, 1.807) is 19.2 Å². The van der Waals surface area contributed by atoms with Gasteiger partial charge in [-0.3, -0.25) is 4.79 Å². The van der Waals surface area contributed by atoms with E-state index in [0.717, 1.165) is 23.3 Å². The van der Waals surface area contributed by atoms with Gasteiger partial charge in [0.1, 0.15) is 11.5 Å². The third-order valence-corrected chi connectivity index (χ3v) is 3.79. The molecule has 0 heterocycles. The van der Waals surface area contributed by atoms with Crippen molar-refractivity contribution in [3.63, 3.8) is 0 Å². The van der Waals surface area contributed by atoms with Crippen LogP contribution in [0.4, 0.5) is 0 Å².